The molecule has 45 heavy (non-hydrogen) atoms. The number of hydrogen-bond donors (Lipinski definition) is 1. The van der Waals surface area contributed by atoms with Crippen molar-refractivity contribution in [2.75, 3.05) is 0 Å². The lowest BCUT2D eigenvalue weighted by Gasteiger charge is -2.20. The van der Waals surface area contributed by atoms with E-state index in [0.29, 0.717) is 28.6 Å². The summed E-state index contributed by atoms with van der Waals surface area (Å²) in [5, 5.41) is 0.0691. The van der Waals surface area contributed by atoms with Gasteiger partial charge in [-0.3, -0.25) is 10.5 Å². The fourth-order valence-corrected chi connectivity index (χ4v) is 4.03. The highest BCUT2D eigenvalue weighted by molar-refractivity contribution is 6.31. The summed E-state index contributed by atoms with van der Waals surface area (Å²) >= 11 is 6.03. The Morgan fingerprint density at radius 2 is 1.31 bits per heavy atom. The van der Waals surface area contributed by atoms with Crippen LogP contribution in [0, 0.1) is 27.7 Å². The number of benzene rings is 2. The van der Waals surface area contributed by atoms with Crippen molar-refractivity contribution < 1.29 is 31.1 Å². The summed E-state index contributed by atoms with van der Waals surface area (Å²) < 4.78 is 85.4. The quantitative estimate of drug-likeness (QED) is 0.162. The second-order valence-corrected chi connectivity index (χ2v) is 9.07. The highest BCUT2D eigenvalue weighted by Gasteiger charge is 2.40. The minimum atomic E-state index is -4.92. The summed E-state index contributed by atoms with van der Waals surface area (Å²) in [7, 11) is 0. The van der Waals surface area contributed by atoms with Crippen molar-refractivity contribution >= 4 is 23.2 Å². The zero-order chi connectivity index (χ0) is 35.9. The fraction of sp³-hybridized carbons (Fsp3) is 0.441. The average Bonchev–Trinajstić information content (AvgIpc) is 3.00. The molecule has 1 aromatic heterocycles. The summed E-state index contributed by atoms with van der Waals surface area (Å²) in [5.41, 5.74) is 4.16. The van der Waals surface area contributed by atoms with E-state index >= 15 is 4.39 Å². The van der Waals surface area contributed by atoms with E-state index in [0.717, 1.165) is 18.2 Å². The van der Waals surface area contributed by atoms with Crippen LogP contribution in [0.4, 0.5) is 26.3 Å². The fourth-order valence-electron chi connectivity index (χ4n) is 3.76. The van der Waals surface area contributed by atoms with E-state index in [1.165, 1.54) is 6.07 Å². The monoisotopic (exact) mass is 661 g/mol. The molecule has 0 spiro atoms. The van der Waals surface area contributed by atoms with Gasteiger partial charge in [0.1, 0.15) is 11.7 Å². The Labute approximate surface area is 269 Å². The molecule has 0 saturated heterocycles. The Kier molecular flexibility index (Phi) is 19.5. The first-order valence-corrected chi connectivity index (χ1v) is 15.3. The molecule has 1 heterocycles. The van der Waals surface area contributed by atoms with Crippen molar-refractivity contribution in [1.29, 1.82) is 0 Å². The minimum Gasteiger partial charge on any atom is -0.285 e. The molecular weight excluding hydrogens is 616 g/mol. The number of aromatic nitrogens is 2. The van der Waals surface area contributed by atoms with Crippen LogP contribution in [0.2, 0.25) is 5.02 Å². The van der Waals surface area contributed by atoms with Crippen molar-refractivity contribution in [2.24, 2.45) is 5.73 Å². The van der Waals surface area contributed by atoms with Gasteiger partial charge in [-0.05, 0) is 74.7 Å². The number of alkyl halides is 5. The first-order valence-electron chi connectivity index (χ1n) is 14.9. The highest BCUT2D eigenvalue weighted by Crippen LogP contribution is 2.40. The molecule has 2 aromatic carbocycles. The van der Waals surface area contributed by atoms with Gasteiger partial charge < -0.3 is 0 Å². The lowest BCUT2D eigenvalue weighted by atomic mass is 9.92. The summed E-state index contributed by atoms with van der Waals surface area (Å²) in [6.45, 7) is 22.3. The van der Waals surface area contributed by atoms with Crippen molar-refractivity contribution in [1.82, 2.24) is 9.97 Å². The third kappa shape index (κ3) is 12.6. The number of carbonyl (C=O) groups excluding carboxylic acids is 1. The number of halogens is 7. The van der Waals surface area contributed by atoms with Crippen LogP contribution in [0.3, 0.4) is 0 Å². The molecule has 1 atom stereocenters. The number of hydrogen-bond acceptors (Lipinski definition) is 4. The van der Waals surface area contributed by atoms with Crippen LogP contribution in [0.15, 0.2) is 42.5 Å². The molecule has 0 aliphatic rings. The van der Waals surface area contributed by atoms with Gasteiger partial charge in [0.05, 0.1) is 0 Å². The molecule has 0 aliphatic heterocycles. The Morgan fingerprint density at radius 1 is 0.822 bits per heavy atom. The van der Waals surface area contributed by atoms with Crippen LogP contribution in [0.5, 0.6) is 0 Å². The molecule has 2 N–H and O–H groups in total. The maximum Gasteiger partial charge on any atom is 0.399 e. The summed E-state index contributed by atoms with van der Waals surface area (Å²) in [6, 6.07) is 2.08. The predicted molar refractivity (Wildman–Crippen MR) is 174 cm³/mol. The van der Waals surface area contributed by atoms with Gasteiger partial charge in [-0.25, -0.2) is 14.4 Å². The van der Waals surface area contributed by atoms with E-state index < -0.39 is 46.4 Å². The molecule has 4 nitrogen and oxygen atoms in total. The Hall–Kier alpha value is -3.24. The molecule has 252 valence electrons. The summed E-state index contributed by atoms with van der Waals surface area (Å²) in [5.74, 6) is -5.24. The van der Waals surface area contributed by atoms with E-state index in [9.17, 15) is 26.7 Å². The highest BCUT2D eigenvalue weighted by atomic mass is 35.5. The molecule has 0 amide bonds. The number of nitrogens with zero attached hydrogens (tertiary/aromatic N) is 2. The van der Waals surface area contributed by atoms with E-state index in [2.05, 4.69) is 9.97 Å². The number of ketones is 1. The minimum absolute atomic E-state index is 0.0691. The Balaban J connectivity index is 0. The SMILES string of the molecule is CC.CC.CC.CC.Cc1cc(C)nc(C(=O)c2ccc(/C(F)=C/C(c3cc(C)c(C)c(Cl)c3)C(F)(F)F)cc2C(N)(F)F)n1. The molecule has 3 rings (SSSR count). The van der Waals surface area contributed by atoms with Crippen LogP contribution in [-0.2, 0) is 6.05 Å². The topological polar surface area (TPSA) is 68.9 Å². The number of allylic oxidation sites excluding steroid dienone is 1. The molecule has 1 unspecified atom stereocenters. The number of carbonyl (C=O) groups is 1. The Morgan fingerprint density at radius 3 is 1.73 bits per heavy atom. The third-order valence-electron chi connectivity index (χ3n) is 5.74. The van der Waals surface area contributed by atoms with Gasteiger partial charge in [0.25, 0.3) is 0 Å². The lowest BCUT2D eigenvalue weighted by molar-refractivity contribution is -0.139. The molecule has 0 radical (unpaired) electrons. The van der Waals surface area contributed by atoms with Crippen LogP contribution in [-0.4, -0.2) is 21.9 Å². The third-order valence-corrected chi connectivity index (χ3v) is 6.13. The molecule has 0 fully saturated rings. The van der Waals surface area contributed by atoms with Crippen molar-refractivity contribution in [2.45, 2.75) is 101 Å². The van der Waals surface area contributed by atoms with E-state index in [-0.39, 0.29) is 22.5 Å². The van der Waals surface area contributed by atoms with Gasteiger partial charge in [0.15, 0.2) is 0 Å². The zero-order valence-corrected chi connectivity index (χ0v) is 28.9. The smallest absolute Gasteiger partial charge is 0.285 e. The van der Waals surface area contributed by atoms with E-state index in [1.807, 2.05) is 55.4 Å². The van der Waals surface area contributed by atoms with Gasteiger partial charge in [-0.1, -0.05) is 79.1 Å². The predicted octanol–water partition coefficient (Wildman–Crippen LogP) is 11.4. The summed E-state index contributed by atoms with van der Waals surface area (Å²) in [6.07, 6.45) is -4.65. The van der Waals surface area contributed by atoms with Gasteiger partial charge in [0.2, 0.25) is 11.6 Å². The maximum atomic E-state index is 15.1. The molecular formula is C34H46ClF6N3O. The molecule has 11 heteroatoms. The van der Waals surface area contributed by atoms with Crippen LogP contribution in [0.1, 0.15) is 117 Å². The average molecular weight is 662 g/mol. The lowest BCUT2D eigenvalue weighted by Crippen LogP contribution is -2.28. The molecule has 0 saturated carbocycles. The van der Waals surface area contributed by atoms with Gasteiger partial charge in [-0.2, -0.15) is 22.0 Å². The molecule has 0 aliphatic carbocycles. The molecule has 3 aromatic rings. The Bertz CT molecular complexity index is 1360. The van der Waals surface area contributed by atoms with Crippen LogP contribution >= 0.6 is 11.6 Å². The van der Waals surface area contributed by atoms with E-state index in [4.69, 9.17) is 17.3 Å². The van der Waals surface area contributed by atoms with Crippen LogP contribution in [0.25, 0.3) is 5.83 Å². The van der Waals surface area contributed by atoms with Gasteiger partial charge >= 0.3 is 12.2 Å². The second kappa shape index (κ2) is 20.0. The largest absolute Gasteiger partial charge is 0.399 e. The number of aryl methyl sites for hydroxylation is 3. The number of nitrogens with two attached hydrogens (primary N) is 1. The summed E-state index contributed by atoms with van der Waals surface area (Å²) in [4.78, 5) is 20.8. The van der Waals surface area contributed by atoms with Crippen molar-refractivity contribution in [3.05, 3.63) is 98.1 Å². The first-order chi connectivity index (χ1) is 21.0. The van der Waals surface area contributed by atoms with Crippen LogP contribution < -0.4 is 5.73 Å². The molecule has 0 bridgehead atoms. The maximum absolute atomic E-state index is 15.1. The zero-order valence-electron chi connectivity index (χ0n) is 28.1. The standard InChI is InChI=1S/C26H22ClF6N3O.4C2H6/c1-12-7-17(10-21(27)15(12)4)19(25(29,30)31)11-22(28)16-5-6-18(20(9-16)26(32,33)34)23(37)24-35-13(2)8-14(3)36-24;4*1-2/h5-11,19H,34H2,1-4H3;4*1-2H3/b22-11-;;;;. The normalized spacial score (nSPS) is 11.7. The van der Waals surface area contributed by atoms with E-state index in [1.54, 1.807) is 33.8 Å². The van der Waals surface area contributed by atoms with Gasteiger partial charge in [0, 0.05) is 33.1 Å². The van der Waals surface area contributed by atoms with Gasteiger partial charge in [-0.15, -0.1) is 0 Å². The van der Waals surface area contributed by atoms with Crippen molar-refractivity contribution in [3.8, 4) is 0 Å². The van der Waals surface area contributed by atoms with Crippen molar-refractivity contribution in [3.63, 3.8) is 0 Å². The number of rotatable bonds is 6. The first kappa shape index (κ1) is 43.9. The second-order valence-electron chi connectivity index (χ2n) is 8.67.